The van der Waals surface area contributed by atoms with Crippen LogP contribution in [-0.4, -0.2) is 61.9 Å². The first kappa shape index (κ1) is 19.7. The minimum absolute atomic E-state index is 0.141. The molecule has 3 atom stereocenters. The maximum absolute atomic E-state index is 12.4. The molecule has 0 aliphatic carbocycles. The van der Waals surface area contributed by atoms with Crippen LogP contribution in [0.1, 0.15) is 42.4 Å². The predicted octanol–water partition coefficient (Wildman–Crippen LogP) is 1.14. The van der Waals surface area contributed by atoms with Gasteiger partial charge in [-0.15, -0.1) is 0 Å². The van der Waals surface area contributed by atoms with E-state index in [4.69, 9.17) is 15.8 Å². The van der Waals surface area contributed by atoms with Crippen LogP contribution in [0.4, 0.5) is 0 Å². The molecule has 144 valence electrons. The molecule has 26 heavy (non-hydrogen) atoms. The van der Waals surface area contributed by atoms with Crippen molar-refractivity contribution in [1.82, 2.24) is 15.3 Å². The van der Waals surface area contributed by atoms with Crippen molar-refractivity contribution < 1.29 is 14.7 Å². The maximum atomic E-state index is 12.4. The van der Waals surface area contributed by atoms with Gasteiger partial charge in [-0.2, -0.15) is 23.5 Å². The zero-order valence-corrected chi connectivity index (χ0v) is 16.3. The molecule has 1 fully saturated rings. The number of carboxylic acid groups (broad SMARTS) is 1. The third-order valence-corrected chi connectivity index (χ3v) is 7.10. The van der Waals surface area contributed by atoms with Crippen LogP contribution in [0.2, 0.25) is 0 Å². The van der Waals surface area contributed by atoms with Gasteiger partial charge in [0.25, 0.3) is 0 Å². The molecule has 1 saturated heterocycles. The van der Waals surface area contributed by atoms with Crippen molar-refractivity contribution in [2.45, 2.75) is 50.2 Å². The molecule has 0 radical (unpaired) electrons. The highest BCUT2D eigenvalue weighted by atomic mass is 32.2. The van der Waals surface area contributed by atoms with Crippen molar-refractivity contribution in [3.8, 4) is 0 Å². The Morgan fingerprint density at radius 2 is 2.31 bits per heavy atom. The second-order valence-electron chi connectivity index (χ2n) is 6.85. The molecule has 0 spiro atoms. The summed E-state index contributed by atoms with van der Waals surface area (Å²) in [5, 5.41) is 12.1. The van der Waals surface area contributed by atoms with E-state index < -0.39 is 12.0 Å². The van der Waals surface area contributed by atoms with Gasteiger partial charge in [-0.3, -0.25) is 9.59 Å². The summed E-state index contributed by atoms with van der Waals surface area (Å²) < 4.78 is 0. The van der Waals surface area contributed by atoms with E-state index in [1.165, 1.54) is 30.4 Å². The number of ketones is 1. The van der Waals surface area contributed by atoms with E-state index in [9.17, 15) is 9.59 Å². The Balaban J connectivity index is 1.47. The normalized spacial score (nSPS) is 24.0. The summed E-state index contributed by atoms with van der Waals surface area (Å²) in [6.07, 6.45) is 3.42. The predicted molar refractivity (Wildman–Crippen MR) is 105 cm³/mol. The third-order valence-electron chi connectivity index (χ3n) is 4.88. The second kappa shape index (κ2) is 9.25. The minimum atomic E-state index is -0.996. The molecule has 1 aromatic heterocycles. The van der Waals surface area contributed by atoms with Gasteiger partial charge in [-0.05, 0) is 30.8 Å². The summed E-state index contributed by atoms with van der Waals surface area (Å²) in [6.45, 7) is 0.646. The summed E-state index contributed by atoms with van der Waals surface area (Å²) in [6, 6.07) is -1.06. The van der Waals surface area contributed by atoms with Crippen LogP contribution in [0.15, 0.2) is 0 Å². The van der Waals surface area contributed by atoms with Crippen molar-refractivity contribution in [2.75, 3.05) is 23.0 Å². The minimum Gasteiger partial charge on any atom is -0.480 e. The third kappa shape index (κ3) is 5.03. The van der Waals surface area contributed by atoms with Gasteiger partial charge in [-0.1, -0.05) is 0 Å². The maximum Gasteiger partial charge on any atom is 0.320 e. The SMILES string of the molecule is N[C@@H](CCSCC(=O)[C@@H]1Cc2nc(C3CCCSC3)[nH]c2CN1)C(=O)O. The van der Waals surface area contributed by atoms with Crippen molar-refractivity contribution in [3.05, 3.63) is 17.2 Å². The van der Waals surface area contributed by atoms with E-state index >= 15 is 0 Å². The molecule has 7 nitrogen and oxygen atoms in total. The molecule has 0 bridgehead atoms. The lowest BCUT2D eigenvalue weighted by atomic mass is 10.0. The first-order chi connectivity index (χ1) is 12.5. The fourth-order valence-corrected chi connectivity index (χ4v) is 5.37. The van der Waals surface area contributed by atoms with Gasteiger partial charge in [-0.25, -0.2) is 4.98 Å². The van der Waals surface area contributed by atoms with Crippen molar-refractivity contribution in [3.63, 3.8) is 0 Å². The number of nitrogens with zero attached hydrogens (tertiary/aromatic N) is 1. The highest BCUT2D eigenvalue weighted by molar-refractivity contribution is 8.00. The van der Waals surface area contributed by atoms with Gasteiger partial charge in [0, 0.05) is 24.6 Å². The van der Waals surface area contributed by atoms with E-state index in [-0.39, 0.29) is 11.8 Å². The Bertz CT molecular complexity index is 646. The molecule has 0 amide bonds. The van der Waals surface area contributed by atoms with Crippen LogP contribution >= 0.6 is 23.5 Å². The quantitative estimate of drug-likeness (QED) is 0.481. The average Bonchev–Trinajstić information content (AvgIpc) is 3.08. The fraction of sp³-hybridized carbons (Fsp3) is 0.706. The van der Waals surface area contributed by atoms with Gasteiger partial charge in [0.05, 0.1) is 23.2 Å². The topological polar surface area (TPSA) is 121 Å². The smallest absolute Gasteiger partial charge is 0.320 e. The first-order valence-electron chi connectivity index (χ1n) is 9.02. The molecule has 1 unspecified atom stereocenters. The number of nitrogens with two attached hydrogens (primary N) is 1. The number of aromatic nitrogens is 2. The van der Waals surface area contributed by atoms with E-state index in [1.807, 2.05) is 11.8 Å². The number of H-pyrrole nitrogens is 1. The van der Waals surface area contributed by atoms with E-state index in [1.54, 1.807) is 0 Å². The van der Waals surface area contributed by atoms with E-state index in [2.05, 4.69) is 10.3 Å². The zero-order chi connectivity index (χ0) is 18.5. The summed E-state index contributed by atoms with van der Waals surface area (Å²) >= 11 is 3.43. The molecule has 1 aromatic rings. The van der Waals surface area contributed by atoms with Gasteiger partial charge in [0.1, 0.15) is 11.9 Å². The highest BCUT2D eigenvalue weighted by Gasteiger charge is 2.28. The lowest BCUT2D eigenvalue weighted by Gasteiger charge is -2.21. The second-order valence-corrected chi connectivity index (χ2v) is 9.11. The number of rotatable bonds is 8. The molecule has 5 N–H and O–H groups in total. The number of carbonyl (C=O) groups is 2. The van der Waals surface area contributed by atoms with Crippen LogP contribution in [0.5, 0.6) is 0 Å². The number of imidazole rings is 1. The number of aromatic amines is 1. The molecule has 3 rings (SSSR count). The molecule has 0 aromatic carbocycles. The van der Waals surface area contributed by atoms with Gasteiger partial charge < -0.3 is 21.1 Å². The average molecular weight is 399 g/mol. The Kier molecular flexibility index (Phi) is 7.02. The number of carboxylic acids is 1. The highest BCUT2D eigenvalue weighted by Crippen LogP contribution is 2.31. The number of aliphatic carboxylic acids is 1. The Labute approximate surface area is 161 Å². The number of carbonyl (C=O) groups excluding carboxylic acids is 1. The molecule has 3 heterocycles. The Morgan fingerprint density at radius 1 is 1.46 bits per heavy atom. The summed E-state index contributed by atoms with van der Waals surface area (Å²) in [5.41, 5.74) is 7.60. The van der Waals surface area contributed by atoms with Crippen LogP contribution in [0.25, 0.3) is 0 Å². The fourth-order valence-electron chi connectivity index (χ4n) is 3.26. The number of hydrogen-bond donors (Lipinski definition) is 4. The Hall–Kier alpha value is -1.03. The lowest BCUT2D eigenvalue weighted by molar-refractivity contribution is -0.138. The Morgan fingerprint density at radius 3 is 3.04 bits per heavy atom. The number of thioether (sulfide) groups is 2. The molecular formula is C17H26N4O3S2. The van der Waals surface area contributed by atoms with Crippen LogP contribution in [0, 0.1) is 0 Å². The summed E-state index contributed by atoms with van der Waals surface area (Å²) in [5.74, 6) is 4.03. The summed E-state index contributed by atoms with van der Waals surface area (Å²) in [7, 11) is 0. The molecule has 2 aliphatic rings. The first-order valence-corrected chi connectivity index (χ1v) is 11.3. The summed E-state index contributed by atoms with van der Waals surface area (Å²) in [4.78, 5) is 31.4. The zero-order valence-electron chi connectivity index (χ0n) is 14.7. The van der Waals surface area contributed by atoms with Crippen molar-refractivity contribution in [2.24, 2.45) is 5.73 Å². The van der Waals surface area contributed by atoms with E-state index in [0.29, 0.717) is 36.8 Å². The monoisotopic (exact) mass is 398 g/mol. The van der Waals surface area contributed by atoms with Crippen molar-refractivity contribution in [1.29, 1.82) is 0 Å². The molecule has 9 heteroatoms. The van der Waals surface area contributed by atoms with Crippen LogP contribution in [-0.2, 0) is 22.6 Å². The van der Waals surface area contributed by atoms with Gasteiger partial charge >= 0.3 is 5.97 Å². The molecule has 2 aliphatic heterocycles. The number of hydrogen-bond acceptors (Lipinski definition) is 7. The number of nitrogens with one attached hydrogen (secondary N) is 2. The standard InChI is InChI=1S/C17H26N4O3S2/c18-11(17(23)24)3-5-26-9-15(22)13-6-12-14(7-19-13)21-16(20-12)10-2-1-4-25-8-10/h10-11,13,19H,1-9,18H2,(H,20,21)(H,23,24)/t10?,11-,13-/m0/s1. The molecule has 0 saturated carbocycles. The largest absolute Gasteiger partial charge is 0.480 e. The van der Waals surface area contributed by atoms with Crippen molar-refractivity contribution >= 4 is 35.3 Å². The number of fused-ring (bicyclic) bond motifs is 1. The van der Waals surface area contributed by atoms with Crippen LogP contribution < -0.4 is 11.1 Å². The van der Waals surface area contributed by atoms with Gasteiger partial charge in [0.2, 0.25) is 0 Å². The van der Waals surface area contributed by atoms with E-state index in [0.717, 1.165) is 23.0 Å². The number of Topliss-reactive ketones (excluding diaryl/α,β-unsaturated/α-hetero) is 1. The van der Waals surface area contributed by atoms with Gasteiger partial charge in [0.15, 0.2) is 5.78 Å². The lowest BCUT2D eigenvalue weighted by Crippen LogP contribution is -2.42. The molecular weight excluding hydrogens is 372 g/mol. The van der Waals surface area contributed by atoms with Crippen LogP contribution in [0.3, 0.4) is 0 Å².